The van der Waals surface area contributed by atoms with Crippen LogP contribution in [0.3, 0.4) is 0 Å². The van der Waals surface area contributed by atoms with Crippen LogP contribution < -0.4 is 5.32 Å². The van der Waals surface area contributed by atoms with Gasteiger partial charge in [0.2, 0.25) is 0 Å². The van der Waals surface area contributed by atoms with E-state index in [-0.39, 0.29) is 15.8 Å². The molecule has 1 N–H and O–H groups in total. The highest BCUT2D eigenvalue weighted by atomic mass is 35.5. The minimum atomic E-state index is -3.80. The van der Waals surface area contributed by atoms with E-state index in [0.29, 0.717) is 17.3 Å². The molecule has 0 unspecified atom stereocenters. The molecular weight excluding hydrogens is 421 g/mol. The second kappa shape index (κ2) is 7.55. The Morgan fingerprint density at radius 2 is 1.85 bits per heavy atom. The van der Waals surface area contributed by atoms with Crippen LogP contribution in [0.15, 0.2) is 40.6 Å². The zero-order valence-corrected chi connectivity index (χ0v) is 16.8. The van der Waals surface area contributed by atoms with Crippen molar-refractivity contribution in [3.63, 3.8) is 0 Å². The molecule has 1 aromatic carbocycles. The van der Waals surface area contributed by atoms with Crippen molar-refractivity contribution < 1.29 is 21.2 Å². The molecule has 2 heterocycles. The Balaban J connectivity index is 1.73. The summed E-state index contributed by atoms with van der Waals surface area (Å²) in [5.41, 5.74) is 0.879. The Labute approximate surface area is 161 Å². The van der Waals surface area contributed by atoms with Crippen molar-refractivity contribution in [1.29, 1.82) is 0 Å². The summed E-state index contributed by atoms with van der Waals surface area (Å²) in [6.07, 6.45) is 0.536. The summed E-state index contributed by atoms with van der Waals surface area (Å²) in [5.74, 6) is -0.956. The molecule has 2 atom stereocenters. The zero-order chi connectivity index (χ0) is 18.9. The second-order valence-electron chi connectivity index (χ2n) is 6.16. The Kier molecular flexibility index (Phi) is 5.74. The van der Waals surface area contributed by atoms with Gasteiger partial charge in [0.1, 0.15) is 10.0 Å². The maximum Gasteiger partial charge on any atom is 0.193 e. The molecule has 1 aromatic heterocycles. The average Bonchev–Trinajstić information content (AvgIpc) is 3.13. The minimum absolute atomic E-state index is 0.0786. The van der Waals surface area contributed by atoms with Gasteiger partial charge in [0.25, 0.3) is 0 Å². The Morgan fingerprint density at radius 1 is 1.15 bits per heavy atom. The summed E-state index contributed by atoms with van der Waals surface area (Å²) in [6.45, 7) is 0.392. The van der Waals surface area contributed by atoms with Gasteiger partial charge in [-0.2, -0.15) is 0 Å². The predicted octanol–water partition coefficient (Wildman–Crippen LogP) is 2.31. The van der Waals surface area contributed by atoms with E-state index in [4.69, 9.17) is 11.6 Å². The van der Waals surface area contributed by atoms with Gasteiger partial charge in [-0.1, -0.05) is 23.7 Å². The van der Waals surface area contributed by atoms with Crippen molar-refractivity contribution in [2.45, 2.75) is 21.9 Å². The normalized spacial score (nSPS) is 22.5. The third kappa shape index (κ3) is 4.45. The van der Waals surface area contributed by atoms with Gasteiger partial charge in [-0.3, -0.25) is 0 Å². The molecule has 1 saturated heterocycles. The number of hydrogen-bond donors (Lipinski definition) is 1. The molecule has 5 nitrogen and oxygen atoms in total. The van der Waals surface area contributed by atoms with Gasteiger partial charge in [0, 0.05) is 6.04 Å². The van der Waals surface area contributed by atoms with Crippen molar-refractivity contribution in [3.05, 3.63) is 52.1 Å². The number of halogens is 2. The number of benzene rings is 1. The molecular formula is C16H17ClFNO4S3. The van der Waals surface area contributed by atoms with Crippen LogP contribution in [0.5, 0.6) is 0 Å². The Hall–Kier alpha value is -1.000. The molecule has 1 fully saturated rings. The first-order chi connectivity index (χ1) is 12.2. The first-order valence-electron chi connectivity index (χ1n) is 7.85. The predicted molar refractivity (Wildman–Crippen MR) is 101 cm³/mol. The highest BCUT2D eigenvalue weighted by molar-refractivity contribution is 7.97. The topological polar surface area (TPSA) is 80.3 Å². The highest BCUT2D eigenvalue weighted by Crippen LogP contribution is 2.32. The summed E-state index contributed by atoms with van der Waals surface area (Å²) >= 11 is 6.75. The van der Waals surface area contributed by atoms with Gasteiger partial charge in [-0.05, 0) is 42.8 Å². The van der Waals surface area contributed by atoms with Crippen LogP contribution >= 0.6 is 22.9 Å². The van der Waals surface area contributed by atoms with Crippen LogP contribution in [-0.2, 0) is 26.1 Å². The number of thiophene rings is 1. The van der Waals surface area contributed by atoms with Crippen LogP contribution in [0.2, 0.25) is 4.34 Å². The van der Waals surface area contributed by atoms with E-state index in [2.05, 4.69) is 5.32 Å². The lowest BCUT2D eigenvalue weighted by Crippen LogP contribution is -2.43. The fraction of sp³-hybridized carbons (Fsp3) is 0.375. The molecule has 26 heavy (non-hydrogen) atoms. The first-order valence-corrected chi connectivity index (χ1v) is 12.4. The van der Waals surface area contributed by atoms with Crippen LogP contribution in [0.4, 0.5) is 4.39 Å². The largest absolute Gasteiger partial charge is 0.311 e. The van der Waals surface area contributed by atoms with Crippen LogP contribution in [0.25, 0.3) is 0 Å². The molecule has 0 spiro atoms. The van der Waals surface area contributed by atoms with Crippen molar-refractivity contribution in [1.82, 2.24) is 5.32 Å². The summed E-state index contributed by atoms with van der Waals surface area (Å²) < 4.78 is 63.1. The first kappa shape index (κ1) is 19.8. The van der Waals surface area contributed by atoms with E-state index in [1.807, 2.05) is 0 Å². The molecule has 3 rings (SSSR count). The van der Waals surface area contributed by atoms with Gasteiger partial charge in [-0.15, -0.1) is 11.3 Å². The summed E-state index contributed by atoms with van der Waals surface area (Å²) in [4.78, 5) is 0. The zero-order valence-electron chi connectivity index (χ0n) is 13.6. The SMILES string of the molecule is O=S1(=O)C[C@H](NCCc2ccc(F)cc2)[C@@H](S(=O)(=O)c2ccc(Cl)s2)C1. The molecule has 10 heteroatoms. The van der Waals surface area contributed by atoms with E-state index in [1.54, 1.807) is 12.1 Å². The maximum atomic E-state index is 12.9. The molecule has 0 bridgehead atoms. The fourth-order valence-corrected chi connectivity index (χ4v) is 9.39. The average molecular weight is 438 g/mol. The standard InChI is InChI=1S/C16H17ClFNO4S3/c17-15-5-6-16(24-15)26(22,23)14-10-25(20,21)9-13(14)19-8-7-11-1-3-12(18)4-2-11/h1-6,13-14,19H,7-10H2/t13-,14-/m0/s1. The van der Waals surface area contributed by atoms with Crippen molar-refractivity contribution in [2.24, 2.45) is 0 Å². The summed E-state index contributed by atoms with van der Waals surface area (Å²) in [6, 6.07) is 8.19. The lowest BCUT2D eigenvalue weighted by atomic mass is 10.1. The lowest BCUT2D eigenvalue weighted by Gasteiger charge is -2.19. The van der Waals surface area contributed by atoms with Crippen LogP contribution in [0, 0.1) is 5.82 Å². The highest BCUT2D eigenvalue weighted by Gasteiger charge is 2.46. The molecule has 0 aliphatic carbocycles. The van der Waals surface area contributed by atoms with Gasteiger partial charge in [-0.25, -0.2) is 21.2 Å². The van der Waals surface area contributed by atoms with Crippen LogP contribution in [0.1, 0.15) is 5.56 Å². The second-order valence-corrected chi connectivity index (χ2v) is 12.4. The van der Waals surface area contributed by atoms with Gasteiger partial charge in [0.15, 0.2) is 19.7 Å². The summed E-state index contributed by atoms with van der Waals surface area (Å²) in [5, 5.41) is 2.01. The van der Waals surface area contributed by atoms with E-state index in [1.165, 1.54) is 24.3 Å². The molecule has 0 amide bonds. The maximum absolute atomic E-state index is 12.9. The number of hydrogen-bond acceptors (Lipinski definition) is 6. The quantitative estimate of drug-likeness (QED) is 0.750. The van der Waals surface area contributed by atoms with E-state index >= 15 is 0 Å². The van der Waals surface area contributed by atoms with Crippen LogP contribution in [-0.4, -0.2) is 46.2 Å². The molecule has 0 radical (unpaired) electrons. The molecule has 1 aliphatic rings. The van der Waals surface area contributed by atoms with E-state index in [9.17, 15) is 21.2 Å². The molecule has 1 aliphatic heterocycles. The number of rotatable bonds is 6. The van der Waals surface area contributed by atoms with Crippen molar-refractivity contribution in [2.75, 3.05) is 18.1 Å². The van der Waals surface area contributed by atoms with Gasteiger partial charge >= 0.3 is 0 Å². The van der Waals surface area contributed by atoms with Crippen molar-refractivity contribution in [3.8, 4) is 0 Å². The smallest absolute Gasteiger partial charge is 0.193 e. The number of nitrogens with one attached hydrogen (secondary N) is 1. The molecule has 0 saturated carbocycles. The monoisotopic (exact) mass is 437 g/mol. The van der Waals surface area contributed by atoms with Gasteiger partial charge < -0.3 is 5.32 Å². The lowest BCUT2D eigenvalue weighted by molar-refractivity contribution is 0.529. The third-order valence-corrected chi connectivity index (χ3v) is 10.2. The van der Waals surface area contributed by atoms with Gasteiger partial charge in [0.05, 0.1) is 21.1 Å². The fourth-order valence-electron chi connectivity index (χ4n) is 2.96. The molecule has 2 aromatic rings. The third-order valence-electron chi connectivity index (χ3n) is 4.26. The number of sulfone groups is 2. The Morgan fingerprint density at radius 3 is 2.46 bits per heavy atom. The minimum Gasteiger partial charge on any atom is -0.311 e. The van der Waals surface area contributed by atoms with Crippen molar-refractivity contribution >= 4 is 42.6 Å². The van der Waals surface area contributed by atoms with E-state index < -0.39 is 36.7 Å². The Bertz CT molecular complexity index is 987. The summed E-state index contributed by atoms with van der Waals surface area (Å²) in [7, 11) is -7.25. The molecule has 142 valence electrons. The van der Waals surface area contributed by atoms with E-state index in [0.717, 1.165) is 16.9 Å².